The van der Waals surface area contributed by atoms with Crippen LogP contribution in [0, 0.1) is 5.82 Å². The molecule has 0 fully saturated rings. The summed E-state index contributed by atoms with van der Waals surface area (Å²) in [5.41, 5.74) is 1.10. The molecule has 27 heavy (non-hydrogen) atoms. The minimum Gasteiger partial charge on any atom is -0.493 e. The number of thioether (sulfide) groups is 1. The van der Waals surface area contributed by atoms with Crippen LogP contribution >= 0.6 is 11.8 Å². The number of nitrogens with two attached hydrogens (primary N) is 1. The average molecular weight is 388 g/mol. The number of hydrogen-bond acceptors (Lipinski definition) is 6. The van der Waals surface area contributed by atoms with Gasteiger partial charge in [-0.15, -0.1) is 10.2 Å². The molecule has 0 saturated heterocycles. The van der Waals surface area contributed by atoms with Crippen LogP contribution in [0.1, 0.15) is 21.7 Å². The molecule has 0 amide bonds. The zero-order chi connectivity index (χ0) is 19.2. The number of ether oxygens (including phenoxy) is 1. The first-order chi connectivity index (χ1) is 13.0. The van der Waals surface area contributed by atoms with Crippen molar-refractivity contribution < 1.29 is 19.0 Å². The Bertz CT molecular complexity index is 913. The van der Waals surface area contributed by atoms with E-state index in [1.807, 2.05) is 0 Å². The molecule has 7 nitrogen and oxygen atoms in total. The predicted octanol–water partition coefficient (Wildman–Crippen LogP) is 2.59. The summed E-state index contributed by atoms with van der Waals surface area (Å²) in [5.74, 6) is 6.51. The summed E-state index contributed by atoms with van der Waals surface area (Å²) in [6, 6.07) is 12.3. The highest BCUT2D eigenvalue weighted by Crippen LogP contribution is 2.18. The summed E-state index contributed by atoms with van der Waals surface area (Å²) in [6.45, 7) is 0.400. The molecular formula is C18H17FN4O3S. The monoisotopic (exact) mass is 388 g/mol. The van der Waals surface area contributed by atoms with Gasteiger partial charge in [0.25, 0.3) is 0 Å². The number of carboxylic acid groups (broad SMARTS) is 1. The van der Waals surface area contributed by atoms with Crippen LogP contribution in [0.5, 0.6) is 5.75 Å². The highest BCUT2D eigenvalue weighted by Gasteiger charge is 2.11. The molecule has 0 aliphatic rings. The number of rotatable bonds is 8. The second-order valence-electron chi connectivity index (χ2n) is 5.60. The molecule has 9 heteroatoms. The Hall–Kier alpha value is -3.07. The number of aromatic nitrogens is 3. The molecule has 0 saturated carbocycles. The maximum atomic E-state index is 13.0. The van der Waals surface area contributed by atoms with Crippen molar-refractivity contribution in [3.8, 4) is 5.75 Å². The Balaban J connectivity index is 1.49. The van der Waals surface area contributed by atoms with Gasteiger partial charge >= 0.3 is 5.97 Å². The number of hydrogen-bond donors (Lipinski definition) is 2. The molecule has 2 aromatic carbocycles. The van der Waals surface area contributed by atoms with E-state index in [-0.39, 0.29) is 11.4 Å². The molecule has 0 spiro atoms. The van der Waals surface area contributed by atoms with Gasteiger partial charge in [0.1, 0.15) is 11.6 Å². The van der Waals surface area contributed by atoms with Crippen LogP contribution in [-0.4, -0.2) is 38.3 Å². The maximum Gasteiger partial charge on any atom is 0.335 e. The predicted molar refractivity (Wildman–Crippen MR) is 99.0 cm³/mol. The highest BCUT2D eigenvalue weighted by atomic mass is 32.2. The smallest absolute Gasteiger partial charge is 0.335 e. The SMILES string of the molecule is Nn1c(Cc2ccc(F)cc2)nnc1SCCOc1ccc(C(=O)O)cc1. The van der Waals surface area contributed by atoms with Crippen LogP contribution < -0.4 is 10.6 Å². The summed E-state index contributed by atoms with van der Waals surface area (Å²) in [4.78, 5) is 10.8. The first-order valence-corrected chi connectivity index (χ1v) is 9.04. The third-order valence-electron chi connectivity index (χ3n) is 3.70. The topological polar surface area (TPSA) is 103 Å². The van der Waals surface area contributed by atoms with Crippen LogP contribution in [0.15, 0.2) is 53.7 Å². The minimum absolute atomic E-state index is 0.210. The number of carboxylic acids is 1. The molecule has 0 aliphatic heterocycles. The normalized spacial score (nSPS) is 10.7. The van der Waals surface area contributed by atoms with E-state index >= 15 is 0 Å². The van der Waals surface area contributed by atoms with Crippen molar-refractivity contribution in [2.75, 3.05) is 18.2 Å². The lowest BCUT2D eigenvalue weighted by Crippen LogP contribution is -2.15. The summed E-state index contributed by atoms with van der Waals surface area (Å²) in [5, 5.41) is 17.5. The lowest BCUT2D eigenvalue weighted by Gasteiger charge is -2.06. The van der Waals surface area contributed by atoms with Gasteiger partial charge in [0.2, 0.25) is 5.16 Å². The Kier molecular flexibility index (Phi) is 5.92. The fourth-order valence-corrected chi connectivity index (χ4v) is 2.99. The molecular weight excluding hydrogens is 371 g/mol. The summed E-state index contributed by atoms with van der Waals surface area (Å²) < 4.78 is 19.9. The quantitative estimate of drug-likeness (QED) is 0.347. The number of benzene rings is 2. The molecule has 3 N–H and O–H groups in total. The maximum absolute atomic E-state index is 13.0. The fraction of sp³-hybridized carbons (Fsp3) is 0.167. The van der Waals surface area contributed by atoms with E-state index < -0.39 is 5.97 Å². The number of nitrogens with zero attached hydrogens (tertiary/aromatic N) is 3. The molecule has 0 atom stereocenters. The van der Waals surface area contributed by atoms with Crippen molar-refractivity contribution in [2.24, 2.45) is 0 Å². The zero-order valence-corrected chi connectivity index (χ0v) is 15.0. The first-order valence-electron chi connectivity index (χ1n) is 8.05. The van der Waals surface area contributed by atoms with Gasteiger partial charge in [-0.2, -0.15) is 0 Å². The van der Waals surface area contributed by atoms with Crippen LogP contribution in [0.4, 0.5) is 4.39 Å². The standard InChI is InChI=1S/C18H17FN4O3S/c19-14-5-1-12(2-6-14)11-16-21-22-18(23(16)20)27-10-9-26-15-7-3-13(4-8-15)17(24)25/h1-8H,9-11,20H2,(H,24,25). The molecule has 1 heterocycles. The van der Waals surface area contributed by atoms with Crippen molar-refractivity contribution in [3.63, 3.8) is 0 Å². The number of aromatic carboxylic acids is 1. The fourth-order valence-electron chi connectivity index (χ4n) is 2.30. The largest absolute Gasteiger partial charge is 0.493 e. The third kappa shape index (κ3) is 4.98. The lowest BCUT2D eigenvalue weighted by molar-refractivity contribution is 0.0697. The van der Waals surface area contributed by atoms with E-state index in [9.17, 15) is 9.18 Å². The van der Waals surface area contributed by atoms with Crippen molar-refractivity contribution in [1.82, 2.24) is 14.9 Å². The van der Waals surface area contributed by atoms with Gasteiger partial charge in [0, 0.05) is 12.2 Å². The molecule has 1 aromatic heterocycles. The van der Waals surface area contributed by atoms with Gasteiger partial charge in [0.15, 0.2) is 5.82 Å². The van der Waals surface area contributed by atoms with Crippen molar-refractivity contribution in [2.45, 2.75) is 11.6 Å². The number of halogens is 1. The Morgan fingerprint density at radius 1 is 1.15 bits per heavy atom. The second-order valence-corrected chi connectivity index (χ2v) is 6.66. The van der Waals surface area contributed by atoms with E-state index in [1.54, 1.807) is 24.3 Å². The van der Waals surface area contributed by atoms with E-state index in [0.29, 0.717) is 35.5 Å². The summed E-state index contributed by atoms with van der Waals surface area (Å²) in [6.07, 6.45) is 0.455. The molecule has 0 unspecified atom stereocenters. The summed E-state index contributed by atoms with van der Waals surface area (Å²) in [7, 11) is 0. The van der Waals surface area contributed by atoms with Gasteiger partial charge in [-0.1, -0.05) is 23.9 Å². The molecule has 3 rings (SSSR count). The Morgan fingerprint density at radius 3 is 2.52 bits per heavy atom. The summed E-state index contributed by atoms with van der Waals surface area (Å²) >= 11 is 1.39. The van der Waals surface area contributed by atoms with Crippen LogP contribution in [-0.2, 0) is 6.42 Å². The zero-order valence-electron chi connectivity index (χ0n) is 14.2. The molecule has 3 aromatic rings. The lowest BCUT2D eigenvalue weighted by atomic mass is 10.1. The highest BCUT2D eigenvalue weighted by molar-refractivity contribution is 7.99. The second kappa shape index (κ2) is 8.54. The van der Waals surface area contributed by atoms with Gasteiger partial charge in [-0.25, -0.2) is 13.9 Å². The van der Waals surface area contributed by atoms with Crippen molar-refractivity contribution in [3.05, 3.63) is 71.3 Å². The number of nitrogen functional groups attached to an aromatic ring is 1. The Labute approximate surface area is 159 Å². The van der Waals surface area contributed by atoms with E-state index in [2.05, 4.69) is 10.2 Å². The third-order valence-corrected chi connectivity index (χ3v) is 4.60. The molecule has 0 radical (unpaired) electrons. The number of carbonyl (C=O) groups is 1. The van der Waals surface area contributed by atoms with E-state index in [4.69, 9.17) is 15.7 Å². The Morgan fingerprint density at radius 2 is 1.85 bits per heavy atom. The van der Waals surface area contributed by atoms with Gasteiger partial charge < -0.3 is 15.7 Å². The average Bonchev–Trinajstić information content (AvgIpc) is 3.01. The van der Waals surface area contributed by atoms with Crippen LogP contribution in [0.2, 0.25) is 0 Å². The van der Waals surface area contributed by atoms with E-state index in [0.717, 1.165) is 5.56 Å². The van der Waals surface area contributed by atoms with Crippen LogP contribution in [0.25, 0.3) is 0 Å². The minimum atomic E-state index is -0.976. The first kappa shape index (κ1) is 18.7. The molecule has 0 aliphatic carbocycles. The van der Waals surface area contributed by atoms with Gasteiger partial charge in [0.05, 0.1) is 12.2 Å². The van der Waals surface area contributed by atoms with Crippen molar-refractivity contribution in [1.29, 1.82) is 0 Å². The van der Waals surface area contributed by atoms with Gasteiger partial charge in [-0.3, -0.25) is 0 Å². The molecule has 0 bridgehead atoms. The van der Waals surface area contributed by atoms with Crippen LogP contribution in [0.3, 0.4) is 0 Å². The van der Waals surface area contributed by atoms with Gasteiger partial charge in [-0.05, 0) is 42.0 Å². The van der Waals surface area contributed by atoms with Crippen molar-refractivity contribution >= 4 is 17.7 Å². The van der Waals surface area contributed by atoms with E-state index in [1.165, 1.54) is 40.7 Å². The molecule has 140 valence electrons.